The van der Waals surface area contributed by atoms with E-state index in [-0.39, 0.29) is 30.9 Å². The maximum Gasteiger partial charge on any atom is 0.392 e. The predicted octanol–water partition coefficient (Wildman–Crippen LogP) is 3.03. The molecule has 2 rings (SSSR count). The molecule has 1 saturated heterocycles. The Hall–Kier alpha value is -0.490. The minimum absolute atomic E-state index is 0. The Morgan fingerprint density at radius 1 is 1.14 bits per heavy atom. The fourth-order valence-electron chi connectivity index (χ4n) is 3.37. The molecular formula is C14H24ClF3N2O. The minimum Gasteiger partial charge on any atom is -0.352 e. The average molecular weight is 329 g/mol. The third-order valence-corrected chi connectivity index (χ3v) is 4.61. The molecule has 1 aliphatic heterocycles. The SMILES string of the molecule is CC1NCCCC1NC(=O)C1CCCCC1C(F)(F)F.Cl. The lowest BCUT2D eigenvalue weighted by molar-refractivity contribution is -0.198. The van der Waals surface area contributed by atoms with Crippen LogP contribution in [0.2, 0.25) is 0 Å². The van der Waals surface area contributed by atoms with Crippen LogP contribution in [0.15, 0.2) is 0 Å². The predicted molar refractivity (Wildman–Crippen MR) is 77.4 cm³/mol. The van der Waals surface area contributed by atoms with Gasteiger partial charge in [0.05, 0.1) is 5.92 Å². The first kappa shape index (κ1) is 18.6. The lowest BCUT2D eigenvalue weighted by atomic mass is 9.78. The number of carbonyl (C=O) groups excluding carboxylic acids is 1. The summed E-state index contributed by atoms with van der Waals surface area (Å²) in [6.45, 7) is 2.87. The number of rotatable bonds is 2. The van der Waals surface area contributed by atoms with Crippen molar-refractivity contribution in [3.8, 4) is 0 Å². The van der Waals surface area contributed by atoms with E-state index >= 15 is 0 Å². The number of carbonyl (C=O) groups is 1. The fourth-order valence-corrected chi connectivity index (χ4v) is 3.37. The average Bonchev–Trinajstić information content (AvgIpc) is 2.40. The van der Waals surface area contributed by atoms with Crippen LogP contribution in [0.4, 0.5) is 13.2 Å². The zero-order valence-corrected chi connectivity index (χ0v) is 13.0. The number of amides is 1. The summed E-state index contributed by atoms with van der Waals surface area (Å²) in [6, 6.07) is 0.0766. The Morgan fingerprint density at radius 2 is 1.81 bits per heavy atom. The molecule has 1 saturated carbocycles. The van der Waals surface area contributed by atoms with Gasteiger partial charge >= 0.3 is 6.18 Å². The van der Waals surface area contributed by atoms with E-state index in [0.717, 1.165) is 19.4 Å². The molecule has 0 radical (unpaired) electrons. The highest BCUT2D eigenvalue weighted by Gasteiger charge is 2.48. The van der Waals surface area contributed by atoms with Crippen molar-refractivity contribution in [1.29, 1.82) is 0 Å². The Balaban J connectivity index is 0.00000220. The van der Waals surface area contributed by atoms with Crippen LogP contribution in [0.3, 0.4) is 0 Å². The van der Waals surface area contributed by atoms with Crippen molar-refractivity contribution < 1.29 is 18.0 Å². The van der Waals surface area contributed by atoms with Crippen molar-refractivity contribution >= 4 is 18.3 Å². The normalized spacial score (nSPS) is 33.9. The third kappa shape index (κ3) is 4.74. The summed E-state index contributed by atoms with van der Waals surface area (Å²) in [5.41, 5.74) is 0. The number of alkyl halides is 3. The van der Waals surface area contributed by atoms with Crippen LogP contribution in [0.5, 0.6) is 0 Å². The van der Waals surface area contributed by atoms with Gasteiger partial charge in [0.1, 0.15) is 0 Å². The maximum atomic E-state index is 13.0. The van der Waals surface area contributed by atoms with Crippen molar-refractivity contribution in [3.63, 3.8) is 0 Å². The molecule has 4 atom stereocenters. The molecular weight excluding hydrogens is 305 g/mol. The standard InChI is InChI=1S/C14H23F3N2O.ClH/c1-9-12(7-4-8-18-9)19-13(20)10-5-2-3-6-11(10)14(15,16)17;/h9-12,18H,2-8H2,1H3,(H,19,20);1H. The second-order valence-corrected chi connectivity index (χ2v) is 6.04. The highest BCUT2D eigenvalue weighted by molar-refractivity contribution is 5.85. The summed E-state index contributed by atoms with van der Waals surface area (Å²) in [6.07, 6.45) is -0.770. The minimum atomic E-state index is -4.27. The number of nitrogens with one attached hydrogen (secondary N) is 2. The molecule has 1 amide bonds. The molecule has 3 nitrogen and oxygen atoms in total. The van der Waals surface area contributed by atoms with E-state index < -0.39 is 23.9 Å². The quantitative estimate of drug-likeness (QED) is 0.818. The van der Waals surface area contributed by atoms with Gasteiger partial charge < -0.3 is 10.6 Å². The van der Waals surface area contributed by atoms with Crippen LogP contribution in [-0.4, -0.2) is 30.7 Å². The molecule has 7 heteroatoms. The Bertz CT molecular complexity index is 352. The van der Waals surface area contributed by atoms with Crippen LogP contribution in [-0.2, 0) is 4.79 Å². The van der Waals surface area contributed by atoms with E-state index in [0.29, 0.717) is 19.3 Å². The molecule has 4 unspecified atom stereocenters. The highest BCUT2D eigenvalue weighted by atomic mass is 35.5. The van der Waals surface area contributed by atoms with E-state index in [1.54, 1.807) is 0 Å². The summed E-state index contributed by atoms with van der Waals surface area (Å²) >= 11 is 0. The fraction of sp³-hybridized carbons (Fsp3) is 0.929. The molecule has 2 aliphatic rings. The van der Waals surface area contributed by atoms with Gasteiger partial charge in [-0.15, -0.1) is 12.4 Å². The van der Waals surface area contributed by atoms with E-state index in [2.05, 4.69) is 10.6 Å². The zero-order chi connectivity index (χ0) is 14.8. The van der Waals surface area contributed by atoms with Gasteiger partial charge in [-0.25, -0.2) is 0 Å². The molecule has 0 bridgehead atoms. The van der Waals surface area contributed by atoms with Gasteiger partial charge in [0.2, 0.25) is 5.91 Å². The molecule has 2 N–H and O–H groups in total. The van der Waals surface area contributed by atoms with Gasteiger partial charge in [0, 0.05) is 18.0 Å². The van der Waals surface area contributed by atoms with Crippen LogP contribution < -0.4 is 10.6 Å². The zero-order valence-electron chi connectivity index (χ0n) is 12.2. The summed E-state index contributed by atoms with van der Waals surface area (Å²) in [5.74, 6) is -2.78. The third-order valence-electron chi connectivity index (χ3n) is 4.61. The lowest BCUT2D eigenvalue weighted by Crippen LogP contribution is -2.54. The van der Waals surface area contributed by atoms with Crippen LogP contribution in [0.25, 0.3) is 0 Å². The van der Waals surface area contributed by atoms with Gasteiger partial charge in [0.25, 0.3) is 0 Å². The van der Waals surface area contributed by atoms with Crippen LogP contribution in [0.1, 0.15) is 45.4 Å². The van der Waals surface area contributed by atoms with Gasteiger partial charge in [0.15, 0.2) is 0 Å². The summed E-state index contributed by atoms with van der Waals surface area (Å²) in [7, 11) is 0. The first-order valence-corrected chi connectivity index (χ1v) is 7.50. The Labute approximate surface area is 129 Å². The summed E-state index contributed by atoms with van der Waals surface area (Å²) in [4.78, 5) is 12.2. The molecule has 0 aromatic rings. The van der Waals surface area contributed by atoms with Crippen LogP contribution >= 0.6 is 12.4 Å². The number of halogens is 4. The van der Waals surface area contributed by atoms with E-state index in [9.17, 15) is 18.0 Å². The summed E-state index contributed by atoms with van der Waals surface area (Å²) in [5, 5.41) is 6.08. The highest BCUT2D eigenvalue weighted by Crippen LogP contribution is 2.41. The molecule has 0 aromatic carbocycles. The molecule has 1 heterocycles. The maximum absolute atomic E-state index is 13.0. The Kier molecular flexibility index (Phi) is 6.78. The Morgan fingerprint density at radius 3 is 2.43 bits per heavy atom. The molecule has 1 aliphatic carbocycles. The molecule has 124 valence electrons. The molecule has 21 heavy (non-hydrogen) atoms. The van der Waals surface area contributed by atoms with Gasteiger partial charge in [-0.05, 0) is 39.2 Å². The van der Waals surface area contributed by atoms with Crippen molar-refractivity contribution in [3.05, 3.63) is 0 Å². The first-order chi connectivity index (χ1) is 9.39. The molecule has 0 aromatic heterocycles. The number of hydrogen-bond donors (Lipinski definition) is 2. The number of hydrogen-bond acceptors (Lipinski definition) is 2. The summed E-state index contributed by atoms with van der Waals surface area (Å²) < 4.78 is 39.0. The van der Waals surface area contributed by atoms with Gasteiger partial charge in [-0.2, -0.15) is 13.2 Å². The van der Waals surface area contributed by atoms with E-state index in [4.69, 9.17) is 0 Å². The second kappa shape index (κ2) is 7.68. The van der Waals surface area contributed by atoms with Crippen molar-refractivity contribution in [1.82, 2.24) is 10.6 Å². The van der Waals surface area contributed by atoms with Crippen LogP contribution in [0, 0.1) is 11.8 Å². The smallest absolute Gasteiger partial charge is 0.352 e. The first-order valence-electron chi connectivity index (χ1n) is 7.50. The van der Waals surface area contributed by atoms with E-state index in [1.165, 1.54) is 0 Å². The van der Waals surface area contributed by atoms with Gasteiger partial charge in [-0.3, -0.25) is 4.79 Å². The molecule has 2 fully saturated rings. The van der Waals surface area contributed by atoms with Crippen molar-refractivity contribution in [2.24, 2.45) is 11.8 Å². The number of piperidine rings is 1. The van der Waals surface area contributed by atoms with Crippen molar-refractivity contribution in [2.75, 3.05) is 6.54 Å². The second-order valence-electron chi connectivity index (χ2n) is 6.04. The topological polar surface area (TPSA) is 41.1 Å². The van der Waals surface area contributed by atoms with Crippen molar-refractivity contribution in [2.45, 2.75) is 63.7 Å². The van der Waals surface area contributed by atoms with E-state index in [1.807, 2.05) is 6.92 Å². The lowest BCUT2D eigenvalue weighted by Gasteiger charge is -2.35. The van der Waals surface area contributed by atoms with Gasteiger partial charge in [-0.1, -0.05) is 12.8 Å². The monoisotopic (exact) mass is 328 g/mol. The molecule has 0 spiro atoms. The largest absolute Gasteiger partial charge is 0.392 e.